The van der Waals surface area contributed by atoms with Gasteiger partial charge in [-0.05, 0) is 48.7 Å². The molecule has 0 atom stereocenters. The second kappa shape index (κ2) is 9.73. The van der Waals surface area contributed by atoms with Crippen LogP contribution in [0.3, 0.4) is 0 Å². The molecule has 0 spiro atoms. The molecule has 156 valence electrons. The Balaban J connectivity index is 1.57. The van der Waals surface area contributed by atoms with Gasteiger partial charge >= 0.3 is 11.6 Å². The largest absolute Gasteiger partial charge is 0.489 e. The third-order valence-corrected chi connectivity index (χ3v) is 4.42. The molecule has 0 aliphatic rings. The number of ether oxygens (including phenoxy) is 2. The van der Waals surface area contributed by atoms with Crippen molar-refractivity contribution in [2.45, 2.75) is 26.9 Å². The first kappa shape index (κ1) is 21.1. The fourth-order valence-corrected chi connectivity index (χ4v) is 2.83. The average molecular weight is 409 g/mol. The first-order valence-corrected chi connectivity index (χ1v) is 9.66. The molecule has 1 N–H and O–H groups in total. The molecular formula is C23H23NO6. The normalized spacial score (nSPS) is 10.6. The lowest BCUT2D eigenvalue weighted by molar-refractivity contribution is -0.124. The predicted molar refractivity (Wildman–Crippen MR) is 112 cm³/mol. The molecule has 0 aliphatic carbocycles. The van der Waals surface area contributed by atoms with Gasteiger partial charge in [-0.1, -0.05) is 19.1 Å². The Bertz CT molecular complexity index is 1100. The smallest absolute Gasteiger partial charge is 0.338 e. The van der Waals surface area contributed by atoms with Gasteiger partial charge in [0.15, 0.2) is 6.61 Å². The predicted octanol–water partition coefficient (Wildman–Crippen LogP) is 3.36. The molecule has 0 radical (unpaired) electrons. The maximum absolute atomic E-state index is 12.0. The summed E-state index contributed by atoms with van der Waals surface area (Å²) in [6.45, 7) is 4.31. The molecule has 0 bridgehead atoms. The molecular weight excluding hydrogens is 386 g/mol. The van der Waals surface area contributed by atoms with Gasteiger partial charge in [0, 0.05) is 24.1 Å². The van der Waals surface area contributed by atoms with E-state index in [4.69, 9.17) is 13.9 Å². The highest BCUT2D eigenvalue weighted by Gasteiger charge is 2.10. The number of esters is 1. The fraction of sp³-hybridized carbons (Fsp3) is 0.261. The van der Waals surface area contributed by atoms with Crippen molar-refractivity contribution in [2.75, 3.05) is 13.2 Å². The lowest BCUT2D eigenvalue weighted by atomic mass is 10.1. The fourth-order valence-electron chi connectivity index (χ4n) is 2.83. The zero-order valence-electron chi connectivity index (χ0n) is 16.9. The molecule has 3 rings (SSSR count). The topological polar surface area (TPSA) is 94.8 Å². The Labute approximate surface area is 173 Å². The molecule has 0 aliphatic heterocycles. The Kier molecular flexibility index (Phi) is 6.85. The van der Waals surface area contributed by atoms with Gasteiger partial charge in [-0.15, -0.1) is 0 Å². The van der Waals surface area contributed by atoms with Crippen molar-refractivity contribution in [2.24, 2.45) is 0 Å². The summed E-state index contributed by atoms with van der Waals surface area (Å²) >= 11 is 0. The van der Waals surface area contributed by atoms with E-state index in [1.807, 2.05) is 26.0 Å². The summed E-state index contributed by atoms with van der Waals surface area (Å²) in [6.07, 6.45) is 0.816. The summed E-state index contributed by atoms with van der Waals surface area (Å²) in [4.78, 5) is 35.1. The van der Waals surface area contributed by atoms with Gasteiger partial charge in [-0.2, -0.15) is 0 Å². The highest BCUT2D eigenvalue weighted by Crippen LogP contribution is 2.23. The van der Waals surface area contributed by atoms with Crippen LogP contribution in [0, 0.1) is 6.92 Å². The minimum Gasteiger partial charge on any atom is -0.489 e. The molecule has 0 saturated carbocycles. The molecule has 2 aromatic carbocycles. The zero-order valence-corrected chi connectivity index (χ0v) is 16.9. The summed E-state index contributed by atoms with van der Waals surface area (Å²) < 4.78 is 16.0. The van der Waals surface area contributed by atoms with Crippen LogP contribution in [0.2, 0.25) is 0 Å². The monoisotopic (exact) mass is 409 g/mol. The van der Waals surface area contributed by atoms with Gasteiger partial charge in [-0.3, -0.25) is 4.79 Å². The Hall–Kier alpha value is -3.61. The van der Waals surface area contributed by atoms with E-state index < -0.39 is 11.6 Å². The number of fused-ring (bicyclic) bond motifs is 1. The van der Waals surface area contributed by atoms with Crippen LogP contribution in [-0.4, -0.2) is 25.0 Å². The van der Waals surface area contributed by atoms with Crippen molar-refractivity contribution >= 4 is 22.8 Å². The van der Waals surface area contributed by atoms with Gasteiger partial charge in [0.1, 0.15) is 17.9 Å². The van der Waals surface area contributed by atoms with Gasteiger partial charge in [0.05, 0.1) is 5.56 Å². The van der Waals surface area contributed by atoms with Crippen LogP contribution in [0.1, 0.15) is 34.8 Å². The van der Waals surface area contributed by atoms with Crippen LogP contribution in [0.5, 0.6) is 5.75 Å². The van der Waals surface area contributed by atoms with Crippen molar-refractivity contribution in [1.29, 1.82) is 0 Å². The maximum atomic E-state index is 12.0. The molecule has 3 aromatic rings. The van der Waals surface area contributed by atoms with Crippen LogP contribution in [0.15, 0.2) is 57.7 Å². The number of hydrogen-bond acceptors (Lipinski definition) is 6. The number of amides is 1. The summed E-state index contributed by atoms with van der Waals surface area (Å²) in [6, 6.07) is 13.5. The van der Waals surface area contributed by atoms with Gasteiger partial charge in [0.25, 0.3) is 5.91 Å². The number of nitrogens with one attached hydrogen (secondary N) is 1. The molecule has 0 saturated heterocycles. The summed E-state index contributed by atoms with van der Waals surface area (Å²) in [7, 11) is 0. The Morgan fingerprint density at radius 1 is 1.07 bits per heavy atom. The number of rotatable bonds is 8. The van der Waals surface area contributed by atoms with Gasteiger partial charge < -0.3 is 19.2 Å². The van der Waals surface area contributed by atoms with Crippen LogP contribution in [0.25, 0.3) is 11.0 Å². The first-order valence-electron chi connectivity index (χ1n) is 9.66. The van der Waals surface area contributed by atoms with E-state index in [1.165, 1.54) is 6.07 Å². The summed E-state index contributed by atoms with van der Waals surface area (Å²) in [5, 5.41) is 3.50. The SMILES string of the molecule is CCCNC(=O)COC(=O)c1ccc(COc2ccc3c(C)cc(=O)oc3c2)cc1. The lowest BCUT2D eigenvalue weighted by Gasteiger charge is -2.09. The summed E-state index contributed by atoms with van der Waals surface area (Å²) in [5.41, 5.74) is 2.11. The minimum atomic E-state index is -0.561. The zero-order chi connectivity index (χ0) is 21.5. The third kappa shape index (κ3) is 5.47. The first-order chi connectivity index (χ1) is 14.5. The highest BCUT2D eigenvalue weighted by atomic mass is 16.5. The number of carbonyl (C=O) groups excluding carboxylic acids is 2. The number of benzene rings is 2. The number of hydrogen-bond donors (Lipinski definition) is 1. The third-order valence-electron chi connectivity index (χ3n) is 4.42. The quantitative estimate of drug-likeness (QED) is 0.453. The molecule has 0 fully saturated rings. The van der Waals surface area contributed by atoms with Gasteiger partial charge in [-0.25, -0.2) is 9.59 Å². The molecule has 1 aromatic heterocycles. The lowest BCUT2D eigenvalue weighted by Crippen LogP contribution is -2.29. The highest BCUT2D eigenvalue weighted by molar-refractivity contribution is 5.91. The van der Waals surface area contributed by atoms with Crippen molar-refractivity contribution < 1.29 is 23.5 Å². The Morgan fingerprint density at radius 3 is 2.57 bits per heavy atom. The van der Waals surface area contributed by atoms with Gasteiger partial charge in [0.2, 0.25) is 0 Å². The summed E-state index contributed by atoms with van der Waals surface area (Å²) in [5.74, 6) is -0.316. The van der Waals surface area contributed by atoms with E-state index in [2.05, 4.69) is 5.32 Å². The van der Waals surface area contributed by atoms with Crippen LogP contribution in [0.4, 0.5) is 0 Å². The molecule has 0 unspecified atom stereocenters. The second-order valence-corrected chi connectivity index (χ2v) is 6.82. The van der Waals surface area contributed by atoms with E-state index in [-0.39, 0.29) is 19.1 Å². The van der Waals surface area contributed by atoms with Crippen LogP contribution >= 0.6 is 0 Å². The van der Waals surface area contributed by atoms with Crippen molar-refractivity contribution in [3.05, 3.63) is 75.6 Å². The molecule has 1 amide bonds. The Morgan fingerprint density at radius 2 is 1.83 bits per heavy atom. The van der Waals surface area contributed by atoms with Crippen LogP contribution < -0.4 is 15.7 Å². The van der Waals surface area contributed by atoms with Crippen molar-refractivity contribution in [3.63, 3.8) is 0 Å². The van der Waals surface area contributed by atoms with E-state index in [1.54, 1.807) is 30.3 Å². The maximum Gasteiger partial charge on any atom is 0.338 e. The molecule has 1 heterocycles. The van der Waals surface area contributed by atoms with Crippen LogP contribution in [-0.2, 0) is 16.1 Å². The molecule has 7 heteroatoms. The standard InChI is InChI=1S/C23H23NO6/c1-3-10-24-21(25)14-29-23(27)17-6-4-16(5-7-17)13-28-18-8-9-19-15(2)11-22(26)30-20(19)12-18/h4-9,11-12H,3,10,13-14H2,1-2H3,(H,24,25). The van der Waals surface area contributed by atoms with E-state index in [0.717, 1.165) is 22.9 Å². The van der Waals surface area contributed by atoms with Crippen molar-refractivity contribution in [3.8, 4) is 5.75 Å². The molecule has 7 nitrogen and oxygen atoms in total. The number of carbonyl (C=O) groups is 2. The number of aryl methyl sites for hydroxylation is 1. The van der Waals surface area contributed by atoms with E-state index in [9.17, 15) is 14.4 Å². The molecule has 30 heavy (non-hydrogen) atoms. The van der Waals surface area contributed by atoms with E-state index >= 15 is 0 Å². The average Bonchev–Trinajstić information content (AvgIpc) is 2.74. The van der Waals surface area contributed by atoms with Crippen molar-refractivity contribution in [1.82, 2.24) is 5.32 Å². The second-order valence-electron chi connectivity index (χ2n) is 6.82. The van der Waals surface area contributed by atoms with E-state index in [0.29, 0.717) is 23.4 Å². The minimum absolute atomic E-state index is 0.274.